The summed E-state index contributed by atoms with van der Waals surface area (Å²) >= 11 is 0. The number of nitrogens with zero attached hydrogens (tertiary/aromatic N) is 9. The van der Waals surface area contributed by atoms with Gasteiger partial charge in [-0.3, -0.25) is 9.97 Å². The monoisotopic (exact) mass is 421 g/mol. The summed E-state index contributed by atoms with van der Waals surface area (Å²) in [7, 11) is 0. The molecule has 158 valence electrons. The van der Waals surface area contributed by atoms with Crippen LogP contribution in [0.3, 0.4) is 0 Å². The molecule has 4 heterocycles. The number of hydrogen-bond acceptors (Lipinski definition) is 8. The molecule has 0 radical (unpaired) electrons. The normalized spacial score (nSPS) is 13.0. The minimum atomic E-state index is -0.251. The molecular formula is C19H23N11O+2. The zero-order valence-corrected chi connectivity index (χ0v) is 17.6. The summed E-state index contributed by atoms with van der Waals surface area (Å²) in [5.74, 6) is 0.570. The van der Waals surface area contributed by atoms with E-state index in [1.807, 2.05) is 52.0 Å². The van der Waals surface area contributed by atoms with Crippen molar-refractivity contribution < 1.29 is 14.6 Å². The molecule has 0 bridgehead atoms. The van der Waals surface area contributed by atoms with Gasteiger partial charge in [-0.1, -0.05) is 27.7 Å². The summed E-state index contributed by atoms with van der Waals surface area (Å²) in [6, 6.07) is 7.21. The largest absolute Gasteiger partial charge is 0.410 e. The summed E-state index contributed by atoms with van der Waals surface area (Å²) in [6.07, 6.45) is 3.46. The third-order valence-electron chi connectivity index (χ3n) is 5.24. The average molecular weight is 421 g/mol. The second-order valence-electron chi connectivity index (χ2n) is 7.20. The van der Waals surface area contributed by atoms with Gasteiger partial charge >= 0.3 is 11.6 Å². The van der Waals surface area contributed by atoms with Gasteiger partial charge in [0.05, 0.1) is 11.4 Å². The van der Waals surface area contributed by atoms with Gasteiger partial charge in [0, 0.05) is 12.4 Å². The van der Waals surface area contributed by atoms with Gasteiger partial charge in [-0.15, -0.1) is 9.36 Å². The lowest BCUT2D eigenvalue weighted by atomic mass is 10.1. The molecule has 4 aromatic rings. The van der Waals surface area contributed by atoms with Crippen LogP contribution >= 0.6 is 0 Å². The van der Waals surface area contributed by atoms with E-state index in [9.17, 15) is 5.21 Å². The van der Waals surface area contributed by atoms with E-state index < -0.39 is 0 Å². The van der Waals surface area contributed by atoms with Crippen LogP contribution in [0.15, 0.2) is 41.8 Å². The van der Waals surface area contributed by atoms with Crippen molar-refractivity contribution >= 4 is 5.71 Å². The fourth-order valence-electron chi connectivity index (χ4n) is 3.59. The Balaban J connectivity index is 1.75. The van der Waals surface area contributed by atoms with Gasteiger partial charge in [0.25, 0.3) is 5.71 Å². The number of tetrazole rings is 2. The Morgan fingerprint density at radius 3 is 1.71 bits per heavy atom. The molecule has 0 aliphatic rings. The van der Waals surface area contributed by atoms with E-state index in [4.69, 9.17) is 0 Å². The second kappa shape index (κ2) is 8.34. The maximum absolute atomic E-state index is 9.90. The highest BCUT2D eigenvalue weighted by Crippen LogP contribution is 2.16. The van der Waals surface area contributed by atoms with Crippen molar-refractivity contribution in [1.29, 1.82) is 0 Å². The number of H-pyrrole nitrogens is 2. The molecule has 12 nitrogen and oxygen atoms in total. The zero-order valence-electron chi connectivity index (χ0n) is 17.6. The predicted molar refractivity (Wildman–Crippen MR) is 106 cm³/mol. The van der Waals surface area contributed by atoms with Crippen molar-refractivity contribution in [2.45, 2.75) is 39.8 Å². The van der Waals surface area contributed by atoms with Crippen LogP contribution in [0.25, 0.3) is 0 Å². The Kier molecular flexibility index (Phi) is 5.43. The Bertz CT molecular complexity index is 1140. The molecule has 2 atom stereocenters. The summed E-state index contributed by atoms with van der Waals surface area (Å²) in [6.45, 7) is 7.85. The maximum atomic E-state index is 9.90. The molecule has 12 heteroatoms. The molecule has 0 aliphatic heterocycles. The van der Waals surface area contributed by atoms with Crippen molar-refractivity contribution in [2.24, 2.45) is 5.16 Å². The van der Waals surface area contributed by atoms with Crippen molar-refractivity contribution in [1.82, 2.24) is 41.0 Å². The highest BCUT2D eigenvalue weighted by atomic mass is 16.4. The van der Waals surface area contributed by atoms with Crippen LogP contribution in [0, 0.1) is 13.8 Å². The minimum Gasteiger partial charge on any atom is -0.410 e. The van der Waals surface area contributed by atoms with Crippen molar-refractivity contribution in [3.8, 4) is 0 Å². The molecule has 0 saturated carbocycles. The van der Waals surface area contributed by atoms with E-state index in [2.05, 4.69) is 46.2 Å². The molecule has 0 aliphatic carbocycles. The van der Waals surface area contributed by atoms with Gasteiger partial charge in [-0.2, -0.15) is 0 Å². The van der Waals surface area contributed by atoms with Crippen LogP contribution in [-0.2, 0) is 0 Å². The van der Waals surface area contributed by atoms with Crippen LogP contribution in [0.1, 0.15) is 60.1 Å². The molecule has 31 heavy (non-hydrogen) atoms. The Morgan fingerprint density at radius 1 is 0.871 bits per heavy atom. The average Bonchev–Trinajstić information content (AvgIpc) is 3.45. The number of aromatic nitrogens is 10. The van der Waals surface area contributed by atoms with Gasteiger partial charge < -0.3 is 5.21 Å². The molecule has 0 saturated heterocycles. The highest BCUT2D eigenvalue weighted by molar-refractivity contribution is 6.05. The number of hydrogen-bond donors (Lipinski definition) is 3. The second-order valence-corrected chi connectivity index (χ2v) is 7.20. The smallest absolute Gasteiger partial charge is 0.361 e. The van der Waals surface area contributed by atoms with Gasteiger partial charge in [-0.05, 0) is 51.0 Å². The topological polar surface area (TPSA) is 149 Å². The van der Waals surface area contributed by atoms with Crippen LogP contribution in [0.5, 0.6) is 0 Å². The molecule has 2 unspecified atom stereocenters. The van der Waals surface area contributed by atoms with E-state index in [0.717, 1.165) is 22.5 Å². The van der Waals surface area contributed by atoms with E-state index in [-0.39, 0.29) is 29.4 Å². The Hall–Kier alpha value is -4.09. The molecule has 3 N–H and O–H groups in total. The van der Waals surface area contributed by atoms with Crippen molar-refractivity contribution in [2.75, 3.05) is 0 Å². The van der Waals surface area contributed by atoms with Crippen LogP contribution in [0.2, 0.25) is 0 Å². The van der Waals surface area contributed by atoms with Gasteiger partial charge in [0.1, 0.15) is 22.3 Å². The fraction of sp³-hybridized carbons (Fsp3) is 0.316. The third-order valence-corrected chi connectivity index (χ3v) is 5.24. The summed E-state index contributed by atoms with van der Waals surface area (Å²) in [4.78, 5) is 8.94. The first-order chi connectivity index (χ1) is 15.0. The molecule has 0 fully saturated rings. The van der Waals surface area contributed by atoms with Crippen molar-refractivity contribution in [3.05, 3.63) is 70.8 Å². The lowest BCUT2D eigenvalue weighted by Crippen LogP contribution is -2.51. The first-order valence-corrected chi connectivity index (χ1v) is 9.74. The molecule has 0 spiro atoms. The number of oxime groups is 1. The number of aryl methyl sites for hydroxylation is 2. The minimum absolute atomic E-state index is 0.100. The van der Waals surface area contributed by atoms with Crippen LogP contribution in [-0.4, -0.2) is 51.9 Å². The van der Waals surface area contributed by atoms with Gasteiger partial charge in [0.15, 0.2) is 10.4 Å². The Labute approximate surface area is 177 Å². The summed E-state index contributed by atoms with van der Waals surface area (Å²) in [5.41, 5.74) is 3.80. The molecule has 4 aromatic heterocycles. The molecular weight excluding hydrogens is 398 g/mol. The maximum Gasteiger partial charge on any atom is 0.361 e. The third kappa shape index (κ3) is 3.63. The van der Waals surface area contributed by atoms with Crippen LogP contribution in [0.4, 0.5) is 0 Å². The molecule has 0 amide bonds. The highest BCUT2D eigenvalue weighted by Gasteiger charge is 2.37. The SMILES string of the molecule is Cc1cccnc1C(C)[n+]1[nH]nnc1C(=NO)c1nn[nH][n+]1C(C)c1ncccc1C. The standard InChI is InChI=1S/C19H21N11O/c1-11-7-5-9-20-15(11)13(3)29-18(22-25-27-29)17(24-31)19-23-26-28-30(19)14(4)16-12(2)8-6-10-21-16/h5-10,13-14H,1-4H3,(H,22,23,27,28,31)/p+2. The number of pyridine rings is 2. The molecule has 0 aromatic carbocycles. The fourth-order valence-corrected chi connectivity index (χ4v) is 3.59. The van der Waals surface area contributed by atoms with Crippen LogP contribution < -0.4 is 9.36 Å². The lowest BCUT2D eigenvalue weighted by Gasteiger charge is -2.12. The zero-order chi connectivity index (χ0) is 22.0. The van der Waals surface area contributed by atoms with E-state index in [1.54, 1.807) is 21.8 Å². The Morgan fingerprint density at radius 2 is 1.32 bits per heavy atom. The summed E-state index contributed by atoms with van der Waals surface area (Å²) < 4.78 is 3.33. The molecule has 4 rings (SSSR count). The number of aromatic amines is 2. The van der Waals surface area contributed by atoms with Gasteiger partial charge in [0.2, 0.25) is 0 Å². The predicted octanol–water partition coefficient (Wildman–Crippen LogP) is 0.350. The summed E-state index contributed by atoms with van der Waals surface area (Å²) in [5, 5.41) is 35.2. The first kappa shape index (κ1) is 20.2. The van der Waals surface area contributed by atoms with Gasteiger partial charge in [-0.25, -0.2) is 0 Å². The van der Waals surface area contributed by atoms with E-state index in [0.29, 0.717) is 0 Å². The number of rotatable bonds is 6. The number of nitrogens with one attached hydrogen (secondary N) is 2. The van der Waals surface area contributed by atoms with E-state index >= 15 is 0 Å². The first-order valence-electron chi connectivity index (χ1n) is 9.74. The van der Waals surface area contributed by atoms with E-state index in [1.165, 1.54) is 0 Å². The lowest BCUT2D eigenvalue weighted by molar-refractivity contribution is -0.773. The van der Waals surface area contributed by atoms with Crippen molar-refractivity contribution in [3.63, 3.8) is 0 Å². The quantitative estimate of drug-likeness (QED) is 0.176.